The minimum Gasteiger partial charge on any atom is -0.497 e. The van der Waals surface area contributed by atoms with E-state index in [0.29, 0.717) is 0 Å². The minimum atomic E-state index is 0. The summed E-state index contributed by atoms with van der Waals surface area (Å²) in [6.45, 7) is 7.21. The number of halogens is 1. The number of rotatable bonds is 7. The third kappa shape index (κ3) is 6.81. The second kappa shape index (κ2) is 8.41. The van der Waals surface area contributed by atoms with Gasteiger partial charge in [-0.1, -0.05) is 26.0 Å². The van der Waals surface area contributed by atoms with Gasteiger partial charge in [0.25, 0.3) is 0 Å². The zero-order chi connectivity index (χ0) is 13.6. The predicted molar refractivity (Wildman–Crippen MR) is 84.3 cm³/mol. The molecule has 0 heterocycles. The second-order valence-electron chi connectivity index (χ2n) is 5.70. The lowest BCUT2D eigenvalue weighted by molar-refractivity contribution is 0.218. The van der Waals surface area contributed by atoms with Crippen LogP contribution in [0.25, 0.3) is 0 Å². The van der Waals surface area contributed by atoms with Crippen LogP contribution in [0.2, 0.25) is 0 Å². The van der Waals surface area contributed by atoms with Gasteiger partial charge in [0.15, 0.2) is 0 Å². The number of benzene rings is 1. The molecule has 0 fully saturated rings. The Morgan fingerprint density at radius 2 is 1.79 bits per heavy atom. The molecule has 1 aromatic rings. The lowest BCUT2D eigenvalue weighted by Crippen LogP contribution is -2.37. The molecule has 0 aromatic heterocycles. The van der Waals surface area contributed by atoms with Crippen LogP contribution in [0.15, 0.2) is 24.3 Å². The van der Waals surface area contributed by atoms with Crippen molar-refractivity contribution in [1.82, 2.24) is 4.90 Å². The zero-order valence-electron chi connectivity index (χ0n) is 12.5. The first-order valence-corrected chi connectivity index (χ1v) is 6.48. The topological polar surface area (TPSA) is 38.5 Å². The van der Waals surface area contributed by atoms with Crippen molar-refractivity contribution in [3.63, 3.8) is 0 Å². The van der Waals surface area contributed by atoms with Crippen molar-refractivity contribution >= 4 is 12.4 Å². The van der Waals surface area contributed by atoms with Gasteiger partial charge in [0.05, 0.1) is 7.11 Å². The first-order valence-electron chi connectivity index (χ1n) is 6.48. The summed E-state index contributed by atoms with van der Waals surface area (Å²) in [7, 11) is 3.85. The lowest BCUT2D eigenvalue weighted by atomic mass is 9.93. The van der Waals surface area contributed by atoms with Crippen LogP contribution >= 0.6 is 12.4 Å². The van der Waals surface area contributed by atoms with Gasteiger partial charge in [-0.05, 0) is 43.1 Å². The highest BCUT2D eigenvalue weighted by molar-refractivity contribution is 5.85. The molecule has 4 heteroatoms. The fourth-order valence-electron chi connectivity index (χ4n) is 1.99. The van der Waals surface area contributed by atoms with Crippen molar-refractivity contribution in [2.75, 3.05) is 33.8 Å². The number of nitrogens with zero attached hydrogens (tertiary/aromatic N) is 1. The summed E-state index contributed by atoms with van der Waals surface area (Å²) in [6, 6.07) is 8.28. The Hall–Kier alpha value is -0.770. The van der Waals surface area contributed by atoms with E-state index in [1.54, 1.807) is 7.11 Å². The fourth-order valence-corrected chi connectivity index (χ4v) is 1.99. The Bertz CT molecular complexity index is 352. The van der Waals surface area contributed by atoms with Crippen molar-refractivity contribution in [1.29, 1.82) is 0 Å². The molecule has 110 valence electrons. The molecule has 2 N–H and O–H groups in total. The molecular formula is C15H27ClN2O. The normalized spacial score (nSPS) is 11.3. The van der Waals surface area contributed by atoms with E-state index in [-0.39, 0.29) is 17.8 Å². The smallest absolute Gasteiger partial charge is 0.118 e. The molecule has 1 aromatic carbocycles. The van der Waals surface area contributed by atoms with Gasteiger partial charge >= 0.3 is 0 Å². The van der Waals surface area contributed by atoms with Crippen molar-refractivity contribution in [3.8, 4) is 5.75 Å². The van der Waals surface area contributed by atoms with E-state index in [2.05, 4.69) is 37.9 Å². The van der Waals surface area contributed by atoms with E-state index < -0.39 is 0 Å². The number of hydrogen-bond donors (Lipinski definition) is 1. The molecule has 0 aliphatic heterocycles. The van der Waals surface area contributed by atoms with Crippen LogP contribution in [-0.2, 0) is 6.42 Å². The molecule has 1 rings (SSSR count). The van der Waals surface area contributed by atoms with Crippen LogP contribution in [-0.4, -0.2) is 38.7 Å². The maximum absolute atomic E-state index is 5.75. The van der Waals surface area contributed by atoms with Crippen LogP contribution in [0, 0.1) is 5.41 Å². The summed E-state index contributed by atoms with van der Waals surface area (Å²) in [5.74, 6) is 0.913. The third-order valence-corrected chi connectivity index (χ3v) is 3.19. The Morgan fingerprint density at radius 1 is 1.21 bits per heavy atom. The number of methoxy groups -OCH3 is 1. The van der Waals surface area contributed by atoms with Crippen LogP contribution in [0.5, 0.6) is 5.75 Å². The molecule has 0 aliphatic carbocycles. The largest absolute Gasteiger partial charge is 0.497 e. The average molecular weight is 287 g/mol. The van der Waals surface area contributed by atoms with Crippen molar-refractivity contribution < 1.29 is 4.74 Å². The summed E-state index contributed by atoms with van der Waals surface area (Å²) in [4.78, 5) is 2.34. The van der Waals surface area contributed by atoms with Gasteiger partial charge in [-0.3, -0.25) is 0 Å². The Morgan fingerprint density at radius 3 is 2.26 bits per heavy atom. The zero-order valence-corrected chi connectivity index (χ0v) is 13.3. The van der Waals surface area contributed by atoms with E-state index in [9.17, 15) is 0 Å². The Labute approximate surface area is 123 Å². The van der Waals surface area contributed by atoms with E-state index in [1.807, 2.05) is 12.1 Å². The second-order valence-corrected chi connectivity index (χ2v) is 5.70. The molecule has 3 nitrogen and oxygen atoms in total. The Balaban J connectivity index is 0.00000324. The van der Waals surface area contributed by atoms with Gasteiger partial charge in [0.2, 0.25) is 0 Å². The maximum Gasteiger partial charge on any atom is 0.118 e. The number of nitrogens with two attached hydrogens (primary N) is 1. The Kier molecular flexibility index (Phi) is 8.07. The van der Waals surface area contributed by atoms with Crippen LogP contribution in [0.4, 0.5) is 0 Å². The van der Waals surface area contributed by atoms with Gasteiger partial charge in [0.1, 0.15) is 5.75 Å². The highest BCUT2D eigenvalue weighted by Crippen LogP contribution is 2.15. The van der Waals surface area contributed by atoms with Crippen molar-refractivity contribution in [2.45, 2.75) is 20.3 Å². The molecular weight excluding hydrogens is 260 g/mol. The van der Waals surface area contributed by atoms with Crippen molar-refractivity contribution in [2.24, 2.45) is 11.1 Å². The van der Waals surface area contributed by atoms with Crippen LogP contribution in [0.3, 0.4) is 0 Å². The predicted octanol–water partition coefficient (Wildman–Crippen LogP) is 2.58. The van der Waals surface area contributed by atoms with E-state index in [4.69, 9.17) is 10.5 Å². The molecule has 0 atom stereocenters. The first-order chi connectivity index (χ1) is 8.46. The monoisotopic (exact) mass is 286 g/mol. The molecule has 0 amide bonds. The van der Waals surface area contributed by atoms with E-state index in [0.717, 1.165) is 31.8 Å². The number of ether oxygens (including phenoxy) is 1. The molecule has 0 radical (unpaired) electrons. The molecule has 0 unspecified atom stereocenters. The summed E-state index contributed by atoms with van der Waals surface area (Å²) < 4.78 is 5.15. The quantitative estimate of drug-likeness (QED) is 0.837. The molecule has 0 aliphatic rings. The van der Waals surface area contributed by atoms with E-state index >= 15 is 0 Å². The van der Waals surface area contributed by atoms with Gasteiger partial charge in [-0.25, -0.2) is 0 Å². The summed E-state index contributed by atoms with van der Waals surface area (Å²) in [5.41, 5.74) is 7.28. The van der Waals surface area contributed by atoms with Gasteiger partial charge in [0, 0.05) is 13.1 Å². The standard InChI is InChI=1S/C15H26N2O.ClH/c1-15(2,11-16)12-17(3)10-9-13-5-7-14(18-4)8-6-13;/h5-8H,9-12,16H2,1-4H3;1H. The average Bonchev–Trinajstić information content (AvgIpc) is 2.36. The molecule has 0 saturated carbocycles. The summed E-state index contributed by atoms with van der Waals surface area (Å²) in [5, 5.41) is 0. The van der Waals surface area contributed by atoms with Crippen LogP contribution < -0.4 is 10.5 Å². The summed E-state index contributed by atoms with van der Waals surface area (Å²) in [6.07, 6.45) is 1.06. The molecule has 0 spiro atoms. The molecule has 0 bridgehead atoms. The summed E-state index contributed by atoms with van der Waals surface area (Å²) >= 11 is 0. The SMILES string of the molecule is COc1ccc(CCN(C)CC(C)(C)CN)cc1.Cl. The first kappa shape index (κ1) is 18.2. The fraction of sp³-hybridized carbons (Fsp3) is 0.600. The molecule has 0 saturated heterocycles. The van der Waals surface area contributed by atoms with Gasteiger partial charge in [-0.2, -0.15) is 0 Å². The highest BCUT2D eigenvalue weighted by atomic mass is 35.5. The minimum absolute atomic E-state index is 0. The van der Waals surface area contributed by atoms with Gasteiger partial charge in [-0.15, -0.1) is 12.4 Å². The number of hydrogen-bond acceptors (Lipinski definition) is 3. The van der Waals surface area contributed by atoms with Crippen LogP contribution in [0.1, 0.15) is 19.4 Å². The van der Waals surface area contributed by atoms with E-state index in [1.165, 1.54) is 5.56 Å². The highest BCUT2D eigenvalue weighted by Gasteiger charge is 2.17. The van der Waals surface area contributed by atoms with Gasteiger partial charge < -0.3 is 15.4 Å². The molecule has 19 heavy (non-hydrogen) atoms. The maximum atomic E-state index is 5.75. The van der Waals surface area contributed by atoms with Crippen molar-refractivity contribution in [3.05, 3.63) is 29.8 Å². The number of likely N-dealkylation sites (N-methyl/N-ethyl adjacent to an activating group) is 1. The third-order valence-electron chi connectivity index (χ3n) is 3.19. The lowest BCUT2D eigenvalue weighted by Gasteiger charge is -2.29.